The average molecular weight is 331 g/mol. The van der Waals surface area contributed by atoms with E-state index in [1.54, 1.807) is 19.2 Å². The molecule has 0 N–H and O–H groups in total. The standard InChI is InChI=1S/C17H15ClN2O3/c1-11(22-15-5-3-4-13(18)10-15)17-19-16(20-23-17)12-6-8-14(21-2)9-7-12/h3-11H,1-2H3/t11-/m0/s1. The van der Waals surface area contributed by atoms with Crippen LogP contribution in [0.3, 0.4) is 0 Å². The van der Waals surface area contributed by atoms with E-state index in [0.717, 1.165) is 11.3 Å². The zero-order valence-corrected chi connectivity index (χ0v) is 13.4. The van der Waals surface area contributed by atoms with Crippen molar-refractivity contribution in [3.63, 3.8) is 0 Å². The number of ether oxygens (including phenoxy) is 2. The number of halogens is 1. The molecular weight excluding hydrogens is 316 g/mol. The number of methoxy groups -OCH3 is 1. The number of rotatable bonds is 5. The molecule has 0 saturated heterocycles. The molecule has 0 amide bonds. The number of benzene rings is 2. The summed E-state index contributed by atoms with van der Waals surface area (Å²) in [6.45, 7) is 1.84. The van der Waals surface area contributed by atoms with Crippen molar-refractivity contribution in [2.24, 2.45) is 0 Å². The summed E-state index contributed by atoms with van der Waals surface area (Å²) >= 11 is 5.94. The second-order valence-corrected chi connectivity index (χ2v) is 5.34. The van der Waals surface area contributed by atoms with Crippen molar-refractivity contribution in [3.8, 4) is 22.9 Å². The Labute approximate surface area is 138 Å². The first-order chi connectivity index (χ1) is 11.2. The van der Waals surface area contributed by atoms with E-state index in [9.17, 15) is 0 Å². The normalized spacial score (nSPS) is 12.0. The van der Waals surface area contributed by atoms with Crippen LogP contribution in [0.25, 0.3) is 11.4 Å². The zero-order valence-electron chi connectivity index (χ0n) is 12.7. The van der Waals surface area contributed by atoms with Gasteiger partial charge in [0.25, 0.3) is 5.89 Å². The maximum Gasteiger partial charge on any atom is 0.267 e. The van der Waals surface area contributed by atoms with Crippen LogP contribution in [0.2, 0.25) is 5.02 Å². The van der Waals surface area contributed by atoms with Crippen molar-refractivity contribution in [2.45, 2.75) is 13.0 Å². The van der Waals surface area contributed by atoms with Crippen molar-refractivity contribution in [1.29, 1.82) is 0 Å². The highest BCUT2D eigenvalue weighted by molar-refractivity contribution is 6.30. The first-order valence-electron chi connectivity index (χ1n) is 7.06. The van der Waals surface area contributed by atoms with Crippen LogP contribution < -0.4 is 9.47 Å². The topological polar surface area (TPSA) is 57.4 Å². The van der Waals surface area contributed by atoms with Gasteiger partial charge in [0.1, 0.15) is 11.5 Å². The Morgan fingerprint density at radius 2 is 1.87 bits per heavy atom. The Kier molecular flexibility index (Phi) is 4.48. The second-order valence-electron chi connectivity index (χ2n) is 4.90. The number of hydrogen-bond donors (Lipinski definition) is 0. The van der Waals surface area contributed by atoms with Crippen molar-refractivity contribution in [2.75, 3.05) is 7.11 Å². The predicted octanol–water partition coefficient (Wildman–Crippen LogP) is 4.54. The third-order valence-electron chi connectivity index (χ3n) is 3.25. The molecule has 0 aliphatic rings. The van der Waals surface area contributed by atoms with E-state index in [1.807, 2.05) is 43.3 Å². The van der Waals surface area contributed by atoms with E-state index in [2.05, 4.69) is 10.1 Å². The molecule has 2 aromatic carbocycles. The highest BCUT2D eigenvalue weighted by Crippen LogP contribution is 2.25. The molecule has 0 aliphatic carbocycles. The number of nitrogens with zero attached hydrogens (tertiary/aromatic N) is 2. The molecule has 0 aliphatic heterocycles. The zero-order chi connectivity index (χ0) is 16.2. The molecule has 0 unspecified atom stereocenters. The van der Waals surface area contributed by atoms with Crippen LogP contribution in [0, 0.1) is 0 Å². The molecule has 0 radical (unpaired) electrons. The minimum absolute atomic E-state index is 0.382. The molecule has 3 rings (SSSR count). The van der Waals surface area contributed by atoms with Crippen LogP contribution in [0.15, 0.2) is 53.1 Å². The maximum atomic E-state index is 5.94. The molecule has 1 heterocycles. The van der Waals surface area contributed by atoms with E-state index < -0.39 is 0 Å². The van der Waals surface area contributed by atoms with Crippen LogP contribution in [0.1, 0.15) is 18.9 Å². The third-order valence-corrected chi connectivity index (χ3v) is 3.48. The van der Waals surface area contributed by atoms with Gasteiger partial charge >= 0.3 is 0 Å². The lowest BCUT2D eigenvalue weighted by molar-refractivity contribution is 0.176. The van der Waals surface area contributed by atoms with Crippen LogP contribution in [0.4, 0.5) is 0 Å². The molecule has 23 heavy (non-hydrogen) atoms. The number of hydrogen-bond acceptors (Lipinski definition) is 5. The summed E-state index contributed by atoms with van der Waals surface area (Å²) in [5, 5.41) is 4.60. The number of aromatic nitrogens is 2. The fourth-order valence-electron chi connectivity index (χ4n) is 2.05. The maximum absolute atomic E-state index is 5.94. The summed E-state index contributed by atoms with van der Waals surface area (Å²) in [5.74, 6) is 2.32. The van der Waals surface area contributed by atoms with Gasteiger partial charge in [0, 0.05) is 10.6 Å². The van der Waals surface area contributed by atoms with Gasteiger partial charge in [-0.05, 0) is 49.4 Å². The summed E-state index contributed by atoms with van der Waals surface area (Å²) < 4.78 is 16.2. The summed E-state index contributed by atoms with van der Waals surface area (Å²) in [4.78, 5) is 4.38. The Balaban J connectivity index is 1.75. The molecule has 3 aromatic rings. The van der Waals surface area contributed by atoms with Crippen LogP contribution in [0.5, 0.6) is 11.5 Å². The SMILES string of the molecule is COc1ccc(-c2noc([C@H](C)Oc3cccc(Cl)c3)n2)cc1. The van der Waals surface area contributed by atoms with Crippen molar-refractivity contribution in [1.82, 2.24) is 10.1 Å². The van der Waals surface area contributed by atoms with Gasteiger partial charge in [-0.3, -0.25) is 0 Å². The Morgan fingerprint density at radius 1 is 1.09 bits per heavy atom. The van der Waals surface area contributed by atoms with E-state index in [0.29, 0.717) is 22.5 Å². The van der Waals surface area contributed by atoms with Crippen LogP contribution in [-0.2, 0) is 0 Å². The van der Waals surface area contributed by atoms with Crippen molar-refractivity contribution >= 4 is 11.6 Å². The van der Waals surface area contributed by atoms with E-state index >= 15 is 0 Å². The molecule has 6 heteroatoms. The fraction of sp³-hybridized carbons (Fsp3) is 0.176. The smallest absolute Gasteiger partial charge is 0.267 e. The quantitative estimate of drug-likeness (QED) is 0.687. The molecule has 118 valence electrons. The molecule has 1 aromatic heterocycles. The van der Waals surface area contributed by atoms with Gasteiger partial charge < -0.3 is 14.0 Å². The van der Waals surface area contributed by atoms with E-state index in [1.165, 1.54) is 0 Å². The minimum atomic E-state index is -0.382. The molecule has 0 bridgehead atoms. The van der Waals surface area contributed by atoms with Gasteiger partial charge in [-0.2, -0.15) is 4.98 Å². The van der Waals surface area contributed by atoms with Gasteiger partial charge in [0.2, 0.25) is 5.82 Å². The van der Waals surface area contributed by atoms with Gasteiger partial charge in [-0.1, -0.05) is 22.8 Å². The summed E-state index contributed by atoms with van der Waals surface area (Å²) in [5.41, 5.74) is 0.843. The highest BCUT2D eigenvalue weighted by atomic mass is 35.5. The lowest BCUT2D eigenvalue weighted by Crippen LogP contribution is -2.03. The predicted molar refractivity (Wildman–Crippen MR) is 86.8 cm³/mol. The molecule has 0 saturated carbocycles. The van der Waals surface area contributed by atoms with Gasteiger partial charge in [0.05, 0.1) is 7.11 Å². The van der Waals surface area contributed by atoms with Crippen LogP contribution in [-0.4, -0.2) is 17.3 Å². The average Bonchev–Trinajstić information content (AvgIpc) is 3.05. The lowest BCUT2D eigenvalue weighted by atomic mass is 10.2. The van der Waals surface area contributed by atoms with Crippen molar-refractivity contribution in [3.05, 3.63) is 59.4 Å². The van der Waals surface area contributed by atoms with Crippen molar-refractivity contribution < 1.29 is 14.0 Å². The lowest BCUT2D eigenvalue weighted by Gasteiger charge is -2.10. The summed E-state index contributed by atoms with van der Waals surface area (Å²) in [6, 6.07) is 14.6. The largest absolute Gasteiger partial charge is 0.497 e. The summed E-state index contributed by atoms with van der Waals surface area (Å²) in [6.07, 6.45) is -0.382. The molecule has 0 spiro atoms. The second kappa shape index (κ2) is 6.71. The Hall–Kier alpha value is -2.53. The van der Waals surface area contributed by atoms with Crippen LogP contribution >= 0.6 is 11.6 Å². The highest BCUT2D eigenvalue weighted by Gasteiger charge is 2.17. The molecule has 5 nitrogen and oxygen atoms in total. The summed E-state index contributed by atoms with van der Waals surface area (Å²) in [7, 11) is 1.62. The minimum Gasteiger partial charge on any atom is -0.497 e. The van der Waals surface area contributed by atoms with E-state index in [-0.39, 0.29) is 6.10 Å². The molecule has 1 atom stereocenters. The molecule has 0 fully saturated rings. The Bertz CT molecular complexity index is 787. The van der Waals surface area contributed by atoms with Gasteiger partial charge in [-0.25, -0.2) is 0 Å². The van der Waals surface area contributed by atoms with Gasteiger partial charge in [0.15, 0.2) is 6.10 Å². The Morgan fingerprint density at radius 3 is 2.57 bits per heavy atom. The first-order valence-corrected chi connectivity index (χ1v) is 7.44. The fourth-order valence-corrected chi connectivity index (χ4v) is 2.23. The third kappa shape index (κ3) is 3.63. The molecular formula is C17H15ClN2O3. The first kappa shape index (κ1) is 15.4. The van der Waals surface area contributed by atoms with Gasteiger partial charge in [-0.15, -0.1) is 0 Å². The monoisotopic (exact) mass is 330 g/mol. The van der Waals surface area contributed by atoms with E-state index in [4.69, 9.17) is 25.6 Å².